The van der Waals surface area contributed by atoms with Gasteiger partial charge in [0.1, 0.15) is 18.2 Å². The fourth-order valence-electron chi connectivity index (χ4n) is 8.34. The fraction of sp³-hybridized carbons (Fsp3) is 0.531. The number of nitrogens with one attached hydrogen (secondary N) is 2. The normalized spacial score (nSPS) is 25.0. The first-order valence-electron chi connectivity index (χ1n) is 15.8. The molecule has 8 rings (SSSR count). The van der Waals surface area contributed by atoms with Crippen LogP contribution in [0.5, 0.6) is 5.88 Å². The van der Waals surface area contributed by atoms with Crippen molar-refractivity contribution in [1.29, 1.82) is 0 Å². The molecule has 236 valence electrons. The highest BCUT2D eigenvalue weighted by Gasteiger charge is 2.88. The molecule has 1 atom stereocenters. The molecule has 2 aliphatic heterocycles. The van der Waals surface area contributed by atoms with Gasteiger partial charge in [0.25, 0.3) is 15.9 Å². The number of Topliss-reactive ketones (excluding diaryl/α,β-unsaturated/α-hetero) is 1. The van der Waals surface area contributed by atoms with E-state index in [0.29, 0.717) is 42.3 Å². The SMILES string of the molecule is CC1(C)C[C@@H]2CCCNc3cccc(n3)S(=O)(=O)NC(=O)c3ccc(-n4ccc(OCC(=O)C5C6(CC6)C56CC6)n4)nc3N1C2. The van der Waals surface area contributed by atoms with Gasteiger partial charge in [-0.05, 0) is 99.8 Å². The Bertz CT molecular complexity index is 1810. The van der Waals surface area contributed by atoms with E-state index in [9.17, 15) is 18.0 Å². The first kappa shape index (κ1) is 28.5. The molecule has 2 N–H and O–H groups in total. The molecule has 4 fully saturated rings. The summed E-state index contributed by atoms with van der Waals surface area (Å²) >= 11 is 0. The molecule has 45 heavy (non-hydrogen) atoms. The van der Waals surface area contributed by atoms with Crippen molar-refractivity contribution in [3.8, 4) is 11.7 Å². The number of rotatable bonds is 5. The molecule has 1 amide bonds. The molecule has 4 bridgehead atoms. The highest BCUT2D eigenvalue weighted by molar-refractivity contribution is 7.90. The quantitative estimate of drug-likeness (QED) is 0.427. The Morgan fingerprint density at radius 2 is 1.84 bits per heavy atom. The number of ether oxygens (including phenoxy) is 1. The fourth-order valence-corrected chi connectivity index (χ4v) is 9.27. The third-order valence-electron chi connectivity index (χ3n) is 10.7. The zero-order chi connectivity index (χ0) is 31.2. The van der Waals surface area contributed by atoms with Gasteiger partial charge in [-0.3, -0.25) is 9.59 Å². The summed E-state index contributed by atoms with van der Waals surface area (Å²) in [5.74, 6) is 1.48. The van der Waals surface area contributed by atoms with Gasteiger partial charge in [0.15, 0.2) is 16.6 Å². The second-order valence-corrected chi connectivity index (χ2v) is 15.6. The van der Waals surface area contributed by atoms with Crippen molar-refractivity contribution >= 4 is 33.3 Å². The van der Waals surface area contributed by atoms with Gasteiger partial charge >= 0.3 is 0 Å². The largest absolute Gasteiger partial charge is 0.469 e. The van der Waals surface area contributed by atoms with Crippen LogP contribution in [0, 0.1) is 22.7 Å². The predicted molar refractivity (Wildman–Crippen MR) is 165 cm³/mol. The van der Waals surface area contributed by atoms with Gasteiger partial charge in [0, 0.05) is 36.8 Å². The van der Waals surface area contributed by atoms with Gasteiger partial charge in [0.2, 0.25) is 5.88 Å². The molecule has 13 heteroatoms. The summed E-state index contributed by atoms with van der Waals surface area (Å²) in [4.78, 5) is 37.8. The van der Waals surface area contributed by atoms with Crippen molar-refractivity contribution < 1.29 is 22.7 Å². The maximum atomic E-state index is 13.6. The van der Waals surface area contributed by atoms with Gasteiger partial charge in [-0.15, -0.1) is 5.10 Å². The zero-order valence-corrected chi connectivity index (χ0v) is 26.3. The van der Waals surface area contributed by atoms with E-state index in [1.165, 1.54) is 31.7 Å². The Labute approximate surface area is 262 Å². The summed E-state index contributed by atoms with van der Waals surface area (Å²) in [7, 11) is -4.25. The van der Waals surface area contributed by atoms with E-state index in [2.05, 4.69) is 38.9 Å². The first-order chi connectivity index (χ1) is 21.5. The Morgan fingerprint density at radius 1 is 1.07 bits per heavy atom. The Kier molecular flexibility index (Phi) is 6.17. The minimum absolute atomic E-state index is 0.00802. The number of hydrogen-bond acceptors (Lipinski definition) is 10. The zero-order valence-electron chi connectivity index (χ0n) is 25.5. The number of nitrogens with zero attached hydrogens (tertiary/aromatic N) is 5. The summed E-state index contributed by atoms with van der Waals surface area (Å²) in [5, 5.41) is 7.49. The third-order valence-corrected chi connectivity index (χ3v) is 11.9. The molecule has 0 unspecified atom stereocenters. The van der Waals surface area contributed by atoms with Crippen LogP contribution in [0.1, 0.15) is 69.2 Å². The molecular weight excluding hydrogens is 594 g/mol. The predicted octanol–water partition coefficient (Wildman–Crippen LogP) is 3.73. The summed E-state index contributed by atoms with van der Waals surface area (Å²) in [5.41, 5.74) is 0.384. The van der Waals surface area contributed by atoms with Crippen molar-refractivity contribution in [3.63, 3.8) is 0 Å². The lowest BCUT2D eigenvalue weighted by Crippen LogP contribution is -2.41. The molecule has 5 heterocycles. The monoisotopic (exact) mass is 631 g/mol. The van der Waals surface area contributed by atoms with Crippen LogP contribution in [-0.2, 0) is 14.8 Å². The number of hydrogen-bond donors (Lipinski definition) is 2. The van der Waals surface area contributed by atoms with Crippen molar-refractivity contribution in [2.24, 2.45) is 22.7 Å². The molecule has 2 spiro atoms. The molecule has 3 aromatic heterocycles. The Balaban J connectivity index is 1.08. The van der Waals surface area contributed by atoms with Crippen LogP contribution in [0.15, 0.2) is 47.6 Å². The van der Waals surface area contributed by atoms with E-state index in [1.807, 2.05) is 0 Å². The number of carbonyl (C=O) groups excluding carboxylic acids is 2. The maximum Gasteiger partial charge on any atom is 0.281 e. The molecule has 0 aromatic carbocycles. The number of sulfonamides is 1. The van der Waals surface area contributed by atoms with Gasteiger partial charge in [-0.2, -0.15) is 8.42 Å². The van der Waals surface area contributed by atoms with E-state index in [-0.39, 0.29) is 45.3 Å². The molecular formula is C32H37N7O5S. The second kappa shape index (κ2) is 9.75. The minimum Gasteiger partial charge on any atom is -0.469 e. The van der Waals surface area contributed by atoms with E-state index in [0.717, 1.165) is 19.3 Å². The van der Waals surface area contributed by atoms with E-state index in [4.69, 9.17) is 9.72 Å². The van der Waals surface area contributed by atoms with Crippen LogP contribution in [0.4, 0.5) is 11.6 Å². The maximum absolute atomic E-state index is 13.6. The lowest BCUT2D eigenvalue weighted by atomic mass is 9.93. The van der Waals surface area contributed by atoms with Crippen LogP contribution in [0.3, 0.4) is 0 Å². The standard InChI is InChI=1S/C32H37N7O5S/c1-30(2)17-20-5-4-15-33-23-6-3-7-26(34-23)45(42,43)37-29(41)21-8-9-24(35-28(21)38(30)18-20)39-16-10-25(36-39)44-19-22(40)27-31(11-12-31)32(27)13-14-32/h3,6-10,16,20,27H,4-5,11-15,17-19H2,1-2H3,(H,33,34)(H,37,41)/t20-/m0/s1. The van der Waals surface area contributed by atoms with Crippen molar-refractivity contribution in [2.75, 3.05) is 29.9 Å². The summed E-state index contributed by atoms with van der Waals surface area (Å²) < 4.78 is 36.0. The highest BCUT2D eigenvalue weighted by Crippen LogP contribution is 2.92. The highest BCUT2D eigenvalue weighted by atomic mass is 32.2. The van der Waals surface area contributed by atoms with Crippen molar-refractivity contribution in [2.45, 2.75) is 69.4 Å². The summed E-state index contributed by atoms with van der Waals surface area (Å²) in [6.45, 7) is 5.56. The number of carbonyl (C=O) groups is 2. The van der Waals surface area contributed by atoms with Crippen LogP contribution >= 0.6 is 0 Å². The first-order valence-corrected chi connectivity index (χ1v) is 17.3. The smallest absolute Gasteiger partial charge is 0.281 e. The van der Waals surface area contributed by atoms with Gasteiger partial charge in [0.05, 0.1) is 5.56 Å². The number of ketones is 1. The molecule has 0 radical (unpaired) electrons. The molecule has 5 aliphatic rings. The summed E-state index contributed by atoms with van der Waals surface area (Å²) in [6.07, 6.45) is 9.10. The van der Waals surface area contributed by atoms with Gasteiger partial charge in [-0.25, -0.2) is 19.4 Å². The minimum atomic E-state index is -4.25. The number of pyridine rings is 2. The van der Waals surface area contributed by atoms with E-state index in [1.54, 1.807) is 41.2 Å². The van der Waals surface area contributed by atoms with Crippen LogP contribution in [0.25, 0.3) is 5.82 Å². The van der Waals surface area contributed by atoms with Crippen molar-refractivity contribution in [3.05, 3.63) is 48.2 Å². The molecule has 3 saturated carbocycles. The number of fused-ring (bicyclic) bond motifs is 7. The number of amides is 1. The lowest BCUT2D eigenvalue weighted by molar-refractivity contribution is -0.123. The van der Waals surface area contributed by atoms with Crippen LogP contribution in [-0.4, -0.2) is 65.1 Å². The Morgan fingerprint density at radius 3 is 2.60 bits per heavy atom. The van der Waals surface area contributed by atoms with E-state index >= 15 is 0 Å². The number of aromatic nitrogens is 4. The molecule has 1 saturated heterocycles. The molecule has 3 aromatic rings. The Hall–Kier alpha value is -4.00. The topological polar surface area (TPSA) is 148 Å². The van der Waals surface area contributed by atoms with Crippen LogP contribution in [0.2, 0.25) is 0 Å². The molecule has 12 nitrogen and oxygen atoms in total. The van der Waals surface area contributed by atoms with E-state index < -0.39 is 15.9 Å². The third kappa shape index (κ3) is 4.69. The molecule has 3 aliphatic carbocycles. The average molecular weight is 632 g/mol. The lowest BCUT2D eigenvalue weighted by Gasteiger charge is -2.34. The second-order valence-electron chi connectivity index (χ2n) is 14.0. The average Bonchev–Trinajstić information content (AvgIpc) is 3.96. The van der Waals surface area contributed by atoms with Crippen LogP contribution < -0.4 is 19.7 Å². The van der Waals surface area contributed by atoms with Gasteiger partial charge < -0.3 is 15.0 Å². The number of anilines is 2. The van der Waals surface area contributed by atoms with Crippen molar-refractivity contribution in [1.82, 2.24) is 24.5 Å². The van der Waals surface area contributed by atoms with Gasteiger partial charge in [-0.1, -0.05) is 6.07 Å². The summed E-state index contributed by atoms with van der Waals surface area (Å²) in [6, 6.07) is 9.58.